The van der Waals surface area contributed by atoms with Crippen LogP contribution >= 0.6 is 0 Å². The summed E-state index contributed by atoms with van der Waals surface area (Å²) >= 11 is 0. The van der Waals surface area contributed by atoms with E-state index in [1.165, 1.54) is 12.1 Å². The number of hydrogen-bond donors (Lipinski definition) is 0. The van der Waals surface area contributed by atoms with Gasteiger partial charge in [-0.25, -0.2) is 4.39 Å². The van der Waals surface area contributed by atoms with Gasteiger partial charge in [0.25, 0.3) is 0 Å². The van der Waals surface area contributed by atoms with Crippen molar-refractivity contribution in [2.45, 2.75) is 26.3 Å². The van der Waals surface area contributed by atoms with Crippen LogP contribution in [0.2, 0.25) is 0 Å². The molecule has 1 heterocycles. The highest BCUT2D eigenvalue weighted by atomic mass is 19.1. The fourth-order valence-corrected chi connectivity index (χ4v) is 2.90. The molecule has 0 radical (unpaired) electrons. The van der Waals surface area contributed by atoms with Crippen molar-refractivity contribution >= 4 is 11.9 Å². The third-order valence-corrected chi connectivity index (χ3v) is 4.32. The van der Waals surface area contributed by atoms with E-state index in [0.29, 0.717) is 30.2 Å². The molecule has 0 saturated carbocycles. The maximum Gasteiger partial charge on any atom is 0.307 e. The van der Waals surface area contributed by atoms with Gasteiger partial charge in [0.15, 0.2) is 11.5 Å². The normalized spacial score (nSPS) is 11.9. The summed E-state index contributed by atoms with van der Waals surface area (Å²) in [4.78, 5) is 26.2. The molecular formula is C21H22FNO5. The van der Waals surface area contributed by atoms with Crippen LogP contribution in [0.1, 0.15) is 24.5 Å². The third-order valence-electron chi connectivity index (χ3n) is 4.32. The van der Waals surface area contributed by atoms with E-state index in [1.807, 2.05) is 12.1 Å². The van der Waals surface area contributed by atoms with Crippen molar-refractivity contribution in [1.82, 2.24) is 4.90 Å². The quantitative estimate of drug-likeness (QED) is 0.652. The Morgan fingerprint density at radius 1 is 1.07 bits per heavy atom. The molecule has 0 atom stereocenters. The average molecular weight is 387 g/mol. The number of nitrogens with zero attached hydrogens (tertiary/aromatic N) is 1. The van der Waals surface area contributed by atoms with E-state index in [-0.39, 0.29) is 43.9 Å². The standard InChI is InChI=1S/C21H22FNO5/c1-2-26-21(25)9-10-23(20(24)12-15-3-6-17(22)7-4-15)13-16-5-8-18-19(11-16)28-14-27-18/h3-8,11H,2,9-10,12-14H2,1H3. The summed E-state index contributed by atoms with van der Waals surface area (Å²) in [6, 6.07) is 11.3. The number of carbonyl (C=O) groups excluding carboxylic acids is 2. The summed E-state index contributed by atoms with van der Waals surface area (Å²) in [5.41, 5.74) is 1.57. The van der Waals surface area contributed by atoms with Crippen molar-refractivity contribution in [3.63, 3.8) is 0 Å². The molecule has 0 saturated heterocycles. The molecule has 1 amide bonds. The second-order valence-electron chi connectivity index (χ2n) is 6.36. The Bertz CT molecular complexity index is 837. The predicted octanol–water partition coefficient (Wildman–Crippen LogP) is 3.08. The minimum atomic E-state index is -0.354. The first kappa shape index (κ1) is 19.7. The fraction of sp³-hybridized carbons (Fsp3) is 0.333. The van der Waals surface area contributed by atoms with Gasteiger partial charge in [-0.1, -0.05) is 18.2 Å². The number of halogens is 1. The topological polar surface area (TPSA) is 65.1 Å². The van der Waals surface area contributed by atoms with Gasteiger partial charge in [-0.3, -0.25) is 9.59 Å². The molecule has 0 N–H and O–H groups in total. The smallest absolute Gasteiger partial charge is 0.307 e. The van der Waals surface area contributed by atoms with Gasteiger partial charge >= 0.3 is 5.97 Å². The monoisotopic (exact) mass is 387 g/mol. The Morgan fingerprint density at radius 3 is 2.54 bits per heavy atom. The molecule has 0 aliphatic carbocycles. The molecule has 1 aliphatic heterocycles. The highest BCUT2D eigenvalue weighted by Crippen LogP contribution is 2.32. The van der Waals surface area contributed by atoms with Gasteiger partial charge in [0.1, 0.15) is 5.82 Å². The first-order valence-corrected chi connectivity index (χ1v) is 9.11. The van der Waals surface area contributed by atoms with Crippen LogP contribution in [-0.4, -0.2) is 36.7 Å². The lowest BCUT2D eigenvalue weighted by molar-refractivity contribution is -0.144. The molecule has 0 spiro atoms. The van der Waals surface area contributed by atoms with Gasteiger partial charge in [0.05, 0.1) is 19.4 Å². The van der Waals surface area contributed by atoms with Crippen LogP contribution in [0.5, 0.6) is 11.5 Å². The van der Waals surface area contributed by atoms with Gasteiger partial charge in [-0.15, -0.1) is 0 Å². The van der Waals surface area contributed by atoms with Crippen molar-refractivity contribution in [2.75, 3.05) is 19.9 Å². The molecule has 7 heteroatoms. The molecule has 0 fully saturated rings. The van der Waals surface area contributed by atoms with Crippen LogP contribution in [0.4, 0.5) is 4.39 Å². The fourth-order valence-electron chi connectivity index (χ4n) is 2.90. The third kappa shape index (κ3) is 5.22. The first-order chi connectivity index (χ1) is 13.5. The summed E-state index contributed by atoms with van der Waals surface area (Å²) in [5, 5.41) is 0. The van der Waals surface area contributed by atoms with Gasteiger partial charge < -0.3 is 19.1 Å². The van der Waals surface area contributed by atoms with Gasteiger partial charge in [0.2, 0.25) is 12.7 Å². The molecule has 1 aliphatic rings. The molecule has 0 unspecified atom stereocenters. The van der Waals surface area contributed by atoms with E-state index >= 15 is 0 Å². The lowest BCUT2D eigenvalue weighted by atomic mass is 10.1. The van der Waals surface area contributed by atoms with Crippen molar-refractivity contribution in [2.24, 2.45) is 0 Å². The Kier molecular flexibility index (Phi) is 6.47. The number of carbonyl (C=O) groups is 2. The van der Waals surface area contributed by atoms with Crippen molar-refractivity contribution in [1.29, 1.82) is 0 Å². The number of ether oxygens (including phenoxy) is 3. The summed E-state index contributed by atoms with van der Waals surface area (Å²) < 4.78 is 28.7. The summed E-state index contributed by atoms with van der Waals surface area (Å²) in [5.74, 6) is 0.436. The minimum Gasteiger partial charge on any atom is -0.466 e. The number of hydrogen-bond acceptors (Lipinski definition) is 5. The maximum atomic E-state index is 13.1. The number of benzene rings is 2. The number of esters is 1. The zero-order valence-electron chi connectivity index (χ0n) is 15.7. The van der Waals surface area contributed by atoms with E-state index < -0.39 is 0 Å². The molecular weight excluding hydrogens is 365 g/mol. The molecule has 2 aromatic rings. The van der Waals surface area contributed by atoms with Gasteiger partial charge in [0, 0.05) is 13.1 Å². The van der Waals surface area contributed by atoms with E-state index in [0.717, 1.165) is 5.56 Å². The Morgan fingerprint density at radius 2 is 1.79 bits per heavy atom. The molecule has 3 rings (SSSR count). The lowest BCUT2D eigenvalue weighted by Crippen LogP contribution is -2.34. The van der Waals surface area contributed by atoms with Crippen molar-refractivity contribution in [3.05, 3.63) is 59.4 Å². The van der Waals surface area contributed by atoms with Gasteiger partial charge in [-0.05, 0) is 42.3 Å². The Balaban J connectivity index is 1.70. The van der Waals surface area contributed by atoms with Crippen LogP contribution in [0, 0.1) is 5.82 Å². The number of amides is 1. The average Bonchev–Trinajstić information content (AvgIpc) is 3.15. The minimum absolute atomic E-state index is 0.105. The molecule has 0 aromatic heterocycles. The largest absolute Gasteiger partial charge is 0.466 e. The number of rotatable bonds is 8. The summed E-state index contributed by atoms with van der Waals surface area (Å²) in [7, 11) is 0. The van der Waals surface area contributed by atoms with Crippen LogP contribution < -0.4 is 9.47 Å². The van der Waals surface area contributed by atoms with Crippen LogP contribution in [0.25, 0.3) is 0 Å². The molecule has 148 valence electrons. The lowest BCUT2D eigenvalue weighted by Gasteiger charge is -2.23. The molecule has 6 nitrogen and oxygen atoms in total. The Hall–Kier alpha value is -3.09. The maximum absolute atomic E-state index is 13.1. The first-order valence-electron chi connectivity index (χ1n) is 9.11. The number of fused-ring (bicyclic) bond motifs is 1. The van der Waals surface area contributed by atoms with Crippen LogP contribution in [0.15, 0.2) is 42.5 Å². The summed E-state index contributed by atoms with van der Waals surface area (Å²) in [6.45, 7) is 2.75. The second-order valence-corrected chi connectivity index (χ2v) is 6.36. The highest BCUT2D eigenvalue weighted by Gasteiger charge is 2.19. The Labute approximate surface area is 162 Å². The second kappa shape index (κ2) is 9.21. The molecule has 2 aromatic carbocycles. The zero-order valence-corrected chi connectivity index (χ0v) is 15.7. The van der Waals surface area contributed by atoms with Crippen LogP contribution in [-0.2, 0) is 27.3 Å². The van der Waals surface area contributed by atoms with E-state index in [9.17, 15) is 14.0 Å². The molecule has 28 heavy (non-hydrogen) atoms. The van der Waals surface area contributed by atoms with E-state index in [1.54, 1.807) is 30.0 Å². The van der Waals surface area contributed by atoms with E-state index in [4.69, 9.17) is 14.2 Å². The van der Waals surface area contributed by atoms with Crippen LogP contribution in [0.3, 0.4) is 0 Å². The van der Waals surface area contributed by atoms with E-state index in [2.05, 4.69) is 0 Å². The molecule has 0 bridgehead atoms. The zero-order chi connectivity index (χ0) is 19.9. The highest BCUT2D eigenvalue weighted by molar-refractivity contribution is 5.79. The van der Waals surface area contributed by atoms with Crippen molar-refractivity contribution in [3.8, 4) is 11.5 Å². The van der Waals surface area contributed by atoms with Gasteiger partial charge in [-0.2, -0.15) is 0 Å². The summed E-state index contributed by atoms with van der Waals surface area (Å²) in [6.07, 6.45) is 0.223. The predicted molar refractivity (Wildman–Crippen MR) is 99.3 cm³/mol. The SMILES string of the molecule is CCOC(=O)CCN(Cc1ccc2c(c1)OCO2)C(=O)Cc1ccc(F)cc1. The van der Waals surface area contributed by atoms with Crippen molar-refractivity contribution < 1.29 is 28.2 Å².